The highest BCUT2D eigenvalue weighted by Gasteiger charge is 2.28. The molecule has 1 aliphatic heterocycles. The lowest BCUT2D eigenvalue weighted by atomic mass is 9.95. The molecule has 1 atom stereocenters. The molecular formula is C24H30N2O2. The smallest absolute Gasteiger partial charge is 0.118 e. The second-order valence-corrected chi connectivity index (χ2v) is 8.34. The zero-order valence-electron chi connectivity index (χ0n) is 17.3. The van der Waals surface area contributed by atoms with Crippen LogP contribution < -0.4 is 4.74 Å². The fraction of sp³-hybridized carbons (Fsp3) is 0.417. The number of aromatic nitrogens is 1. The van der Waals surface area contributed by atoms with Crippen LogP contribution in [-0.2, 0) is 25.0 Å². The summed E-state index contributed by atoms with van der Waals surface area (Å²) in [5, 5.41) is 12.7. The van der Waals surface area contributed by atoms with Crippen LogP contribution in [0.15, 0.2) is 42.5 Å². The van der Waals surface area contributed by atoms with Gasteiger partial charge in [-0.2, -0.15) is 0 Å². The van der Waals surface area contributed by atoms with Gasteiger partial charge in [-0.1, -0.05) is 23.8 Å². The van der Waals surface area contributed by atoms with E-state index in [9.17, 15) is 5.11 Å². The van der Waals surface area contributed by atoms with Crippen LogP contribution >= 0.6 is 0 Å². The average molecular weight is 379 g/mol. The van der Waals surface area contributed by atoms with E-state index in [-0.39, 0.29) is 0 Å². The van der Waals surface area contributed by atoms with Crippen molar-refractivity contribution in [1.82, 2.24) is 9.47 Å². The number of hydrogen-bond acceptors (Lipinski definition) is 3. The molecule has 1 aromatic heterocycles. The predicted octanol–water partition coefficient (Wildman–Crippen LogP) is 3.90. The van der Waals surface area contributed by atoms with Crippen molar-refractivity contribution in [2.75, 3.05) is 27.2 Å². The molecule has 3 aromatic rings. The van der Waals surface area contributed by atoms with Crippen molar-refractivity contribution in [3.05, 3.63) is 64.8 Å². The maximum absolute atomic E-state index is 11.4. The lowest BCUT2D eigenvalue weighted by molar-refractivity contribution is 0.0387. The Morgan fingerprint density at radius 1 is 1.07 bits per heavy atom. The van der Waals surface area contributed by atoms with Gasteiger partial charge in [0.05, 0.1) is 13.7 Å². The molecule has 0 radical (unpaired) electrons. The molecule has 0 aliphatic carbocycles. The summed E-state index contributed by atoms with van der Waals surface area (Å²) in [5.74, 6) is 0.804. The van der Waals surface area contributed by atoms with Crippen molar-refractivity contribution in [3.63, 3.8) is 0 Å². The molecule has 2 heterocycles. The van der Waals surface area contributed by atoms with Gasteiger partial charge < -0.3 is 19.3 Å². The van der Waals surface area contributed by atoms with Gasteiger partial charge in [-0.05, 0) is 62.7 Å². The summed E-state index contributed by atoms with van der Waals surface area (Å²) < 4.78 is 7.62. The fourth-order valence-corrected chi connectivity index (χ4v) is 4.40. The number of rotatable bonds is 4. The Hall–Kier alpha value is -2.30. The van der Waals surface area contributed by atoms with Crippen molar-refractivity contribution < 1.29 is 9.84 Å². The van der Waals surface area contributed by atoms with Crippen LogP contribution in [0.2, 0.25) is 0 Å². The number of fused-ring (bicyclic) bond motifs is 3. The molecule has 0 spiro atoms. The van der Waals surface area contributed by atoms with Gasteiger partial charge >= 0.3 is 0 Å². The van der Waals surface area contributed by atoms with E-state index in [1.165, 1.54) is 27.7 Å². The maximum Gasteiger partial charge on any atom is 0.118 e. The molecule has 4 heteroatoms. The zero-order chi connectivity index (χ0) is 19.9. The van der Waals surface area contributed by atoms with Crippen LogP contribution in [0.25, 0.3) is 10.9 Å². The predicted molar refractivity (Wildman–Crippen MR) is 114 cm³/mol. The van der Waals surface area contributed by atoms with E-state index in [0.29, 0.717) is 6.54 Å². The molecule has 1 N–H and O–H groups in total. The van der Waals surface area contributed by atoms with Crippen LogP contribution in [0.5, 0.6) is 5.75 Å². The maximum atomic E-state index is 11.4. The third-order valence-corrected chi connectivity index (χ3v) is 6.09. The summed E-state index contributed by atoms with van der Waals surface area (Å²) in [7, 11) is 3.85. The molecule has 0 fully saturated rings. The minimum Gasteiger partial charge on any atom is -0.497 e. The van der Waals surface area contributed by atoms with Gasteiger partial charge in [0.15, 0.2) is 0 Å². The Balaban J connectivity index is 1.79. The van der Waals surface area contributed by atoms with Crippen molar-refractivity contribution in [2.24, 2.45) is 0 Å². The third kappa shape index (κ3) is 3.43. The van der Waals surface area contributed by atoms with Gasteiger partial charge in [0.2, 0.25) is 0 Å². The topological polar surface area (TPSA) is 37.6 Å². The number of hydrogen-bond donors (Lipinski definition) is 1. The number of nitrogens with zero attached hydrogens (tertiary/aromatic N) is 2. The van der Waals surface area contributed by atoms with E-state index in [0.717, 1.165) is 37.2 Å². The molecule has 4 rings (SSSR count). The van der Waals surface area contributed by atoms with Gasteiger partial charge in [-0.25, -0.2) is 0 Å². The normalized spacial score (nSPS) is 17.2. The van der Waals surface area contributed by atoms with Gasteiger partial charge in [-0.15, -0.1) is 0 Å². The fourth-order valence-electron chi connectivity index (χ4n) is 4.40. The molecule has 0 bridgehead atoms. The minimum atomic E-state index is -0.963. The number of likely N-dealkylation sites (N-methyl/N-ethyl adjacent to an activating group) is 1. The lowest BCUT2D eigenvalue weighted by Gasteiger charge is -2.27. The highest BCUT2D eigenvalue weighted by atomic mass is 16.5. The number of ether oxygens (including phenoxy) is 1. The van der Waals surface area contributed by atoms with Crippen molar-refractivity contribution in [2.45, 2.75) is 38.8 Å². The molecule has 148 valence electrons. The molecule has 0 saturated heterocycles. The van der Waals surface area contributed by atoms with Gasteiger partial charge in [0.1, 0.15) is 11.4 Å². The van der Waals surface area contributed by atoms with Gasteiger partial charge in [0, 0.05) is 36.1 Å². The standard InChI is InChI=1S/C24H30N2O2/c1-17-5-10-22-21(15-17)20-11-13-25(3)14-12-23(20)26(22)16-24(2,27)18-6-8-19(28-4)9-7-18/h5-10,15,27H,11-14,16H2,1-4H3/t24-/m0/s1. The summed E-state index contributed by atoms with van der Waals surface area (Å²) in [6.07, 6.45) is 2.07. The Morgan fingerprint density at radius 2 is 1.79 bits per heavy atom. The summed E-state index contributed by atoms with van der Waals surface area (Å²) in [6.45, 7) is 6.73. The second-order valence-electron chi connectivity index (χ2n) is 8.34. The summed E-state index contributed by atoms with van der Waals surface area (Å²) in [5.41, 5.74) is 5.28. The van der Waals surface area contributed by atoms with Crippen LogP contribution in [-0.4, -0.2) is 41.8 Å². The first-order valence-electron chi connectivity index (χ1n) is 10.0. The largest absolute Gasteiger partial charge is 0.497 e. The van der Waals surface area contributed by atoms with Crippen LogP contribution in [0.4, 0.5) is 0 Å². The minimum absolute atomic E-state index is 0.540. The molecule has 0 amide bonds. The molecule has 2 aromatic carbocycles. The number of aryl methyl sites for hydroxylation is 1. The summed E-state index contributed by atoms with van der Waals surface area (Å²) in [6, 6.07) is 14.4. The molecular weight excluding hydrogens is 348 g/mol. The van der Waals surface area contributed by atoms with Crippen LogP contribution in [0, 0.1) is 6.92 Å². The van der Waals surface area contributed by atoms with E-state index < -0.39 is 5.60 Å². The van der Waals surface area contributed by atoms with Gasteiger partial charge in [-0.3, -0.25) is 0 Å². The van der Waals surface area contributed by atoms with E-state index in [4.69, 9.17) is 4.74 Å². The first-order chi connectivity index (χ1) is 13.4. The third-order valence-electron chi connectivity index (χ3n) is 6.09. The van der Waals surface area contributed by atoms with E-state index >= 15 is 0 Å². The molecule has 0 saturated carbocycles. The van der Waals surface area contributed by atoms with E-state index in [2.05, 4.69) is 41.6 Å². The Morgan fingerprint density at radius 3 is 2.50 bits per heavy atom. The van der Waals surface area contributed by atoms with Crippen molar-refractivity contribution >= 4 is 10.9 Å². The zero-order valence-corrected chi connectivity index (χ0v) is 17.3. The number of methoxy groups -OCH3 is 1. The molecule has 1 aliphatic rings. The first kappa shape index (κ1) is 19.0. The summed E-state index contributed by atoms with van der Waals surface area (Å²) in [4.78, 5) is 2.40. The highest BCUT2D eigenvalue weighted by Crippen LogP contribution is 2.33. The molecule has 0 unspecified atom stereocenters. The second kappa shape index (κ2) is 7.26. The van der Waals surface area contributed by atoms with E-state index in [1.54, 1.807) is 7.11 Å². The Kier molecular flexibility index (Phi) is 4.94. The van der Waals surface area contributed by atoms with E-state index in [1.807, 2.05) is 31.2 Å². The number of benzene rings is 2. The van der Waals surface area contributed by atoms with Crippen molar-refractivity contribution in [3.8, 4) is 5.75 Å². The number of aliphatic hydroxyl groups is 1. The highest BCUT2D eigenvalue weighted by molar-refractivity contribution is 5.86. The Labute approximate surface area is 167 Å². The Bertz CT molecular complexity index is 986. The van der Waals surface area contributed by atoms with Gasteiger partial charge in [0.25, 0.3) is 0 Å². The quantitative estimate of drug-likeness (QED) is 0.748. The molecule has 28 heavy (non-hydrogen) atoms. The monoisotopic (exact) mass is 378 g/mol. The first-order valence-corrected chi connectivity index (χ1v) is 10.0. The van der Waals surface area contributed by atoms with Crippen LogP contribution in [0.3, 0.4) is 0 Å². The average Bonchev–Trinajstić information content (AvgIpc) is 2.82. The lowest BCUT2D eigenvalue weighted by Crippen LogP contribution is -2.29. The molecule has 4 nitrogen and oxygen atoms in total. The van der Waals surface area contributed by atoms with Crippen molar-refractivity contribution in [1.29, 1.82) is 0 Å². The SMILES string of the molecule is COc1ccc([C@@](C)(O)Cn2c3c(c4cc(C)ccc42)CCN(C)CC3)cc1. The van der Waals surface area contributed by atoms with Crippen LogP contribution in [0.1, 0.15) is 29.3 Å². The summed E-state index contributed by atoms with van der Waals surface area (Å²) >= 11 is 0.